The topological polar surface area (TPSA) is 95.9 Å². The second-order valence-corrected chi connectivity index (χ2v) is 7.52. The minimum atomic E-state index is -1.28. The smallest absolute Gasteiger partial charge is 0.329 e. The molecule has 146 valence electrons. The fourth-order valence-corrected chi connectivity index (χ4v) is 3.73. The number of carboxylic acids is 1. The first kappa shape index (κ1) is 19.6. The number of aliphatic carboxylic acids is 1. The average Bonchev–Trinajstić information content (AvgIpc) is 2.68. The number of likely N-dealkylation sites (tertiary alicyclic amines) is 1. The molecule has 0 radical (unpaired) electrons. The summed E-state index contributed by atoms with van der Waals surface area (Å²) >= 11 is 5.86. The molecule has 1 atom stereocenters. The SMILES string of the molecule is O=C(NC1(C(=O)O)CCOCC1)C1CCCN(C(=O)c2ccc(Cl)cc2)C1. The van der Waals surface area contributed by atoms with E-state index in [1.165, 1.54) is 0 Å². The van der Waals surface area contributed by atoms with E-state index in [0.29, 0.717) is 43.2 Å². The Bertz CT molecular complexity index is 715. The van der Waals surface area contributed by atoms with Gasteiger partial charge < -0.3 is 20.1 Å². The molecule has 0 aliphatic carbocycles. The number of rotatable bonds is 4. The first-order valence-electron chi connectivity index (χ1n) is 9.09. The number of hydrogen-bond donors (Lipinski definition) is 2. The fourth-order valence-electron chi connectivity index (χ4n) is 3.60. The second-order valence-electron chi connectivity index (χ2n) is 7.09. The minimum absolute atomic E-state index is 0.150. The molecule has 2 saturated heterocycles. The molecule has 2 heterocycles. The quantitative estimate of drug-likeness (QED) is 0.813. The maximum absolute atomic E-state index is 12.8. The Kier molecular flexibility index (Phi) is 6.01. The second kappa shape index (κ2) is 8.27. The number of piperidine rings is 1. The summed E-state index contributed by atoms with van der Waals surface area (Å²) in [7, 11) is 0. The van der Waals surface area contributed by atoms with E-state index in [-0.39, 0.29) is 31.2 Å². The summed E-state index contributed by atoms with van der Waals surface area (Å²) in [5, 5.41) is 12.9. The molecule has 2 N–H and O–H groups in total. The molecule has 0 bridgehead atoms. The lowest BCUT2D eigenvalue weighted by Crippen LogP contribution is -2.59. The van der Waals surface area contributed by atoms with E-state index in [0.717, 1.165) is 0 Å². The molecule has 1 aromatic carbocycles. The molecule has 2 aliphatic rings. The van der Waals surface area contributed by atoms with Gasteiger partial charge in [-0.05, 0) is 37.1 Å². The molecule has 8 heteroatoms. The van der Waals surface area contributed by atoms with Crippen LogP contribution in [0.1, 0.15) is 36.0 Å². The van der Waals surface area contributed by atoms with Crippen molar-refractivity contribution >= 4 is 29.4 Å². The van der Waals surface area contributed by atoms with Gasteiger partial charge in [0.25, 0.3) is 5.91 Å². The van der Waals surface area contributed by atoms with Gasteiger partial charge in [0.15, 0.2) is 0 Å². The summed E-state index contributed by atoms with van der Waals surface area (Å²) in [6.45, 7) is 1.46. The van der Waals surface area contributed by atoms with Crippen LogP contribution in [0.15, 0.2) is 24.3 Å². The summed E-state index contributed by atoms with van der Waals surface area (Å²) < 4.78 is 5.23. The van der Waals surface area contributed by atoms with Gasteiger partial charge in [-0.15, -0.1) is 0 Å². The third-order valence-corrected chi connectivity index (χ3v) is 5.54. The van der Waals surface area contributed by atoms with Crippen molar-refractivity contribution in [2.45, 2.75) is 31.2 Å². The van der Waals surface area contributed by atoms with Crippen molar-refractivity contribution in [1.82, 2.24) is 10.2 Å². The van der Waals surface area contributed by atoms with Crippen LogP contribution < -0.4 is 5.32 Å². The number of nitrogens with zero attached hydrogens (tertiary/aromatic N) is 1. The highest BCUT2D eigenvalue weighted by atomic mass is 35.5. The summed E-state index contributed by atoms with van der Waals surface area (Å²) in [5.41, 5.74) is -0.760. The number of halogens is 1. The molecule has 27 heavy (non-hydrogen) atoms. The Hall–Kier alpha value is -2.12. The molecule has 2 aliphatic heterocycles. The normalized spacial score (nSPS) is 22.1. The fraction of sp³-hybridized carbons (Fsp3) is 0.526. The van der Waals surface area contributed by atoms with Crippen LogP contribution in [0.2, 0.25) is 5.02 Å². The number of hydrogen-bond acceptors (Lipinski definition) is 4. The maximum Gasteiger partial charge on any atom is 0.329 e. The molecule has 1 unspecified atom stereocenters. The first-order valence-corrected chi connectivity index (χ1v) is 9.47. The number of carbonyl (C=O) groups is 3. The van der Waals surface area contributed by atoms with Crippen LogP contribution >= 0.6 is 11.6 Å². The molecule has 3 rings (SSSR count). The van der Waals surface area contributed by atoms with Crippen LogP contribution in [-0.2, 0) is 14.3 Å². The molecule has 2 amide bonds. The number of nitrogens with one attached hydrogen (secondary N) is 1. The lowest BCUT2D eigenvalue weighted by Gasteiger charge is -2.37. The molecule has 7 nitrogen and oxygen atoms in total. The van der Waals surface area contributed by atoms with Gasteiger partial charge in [-0.25, -0.2) is 4.79 Å². The van der Waals surface area contributed by atoms with E-state index < -0.39 is 17.4 Å². The van der Waals surface area contributed by atoms with E-state index in [9.17, 15) is 19.5 Å². The van der Waals surface area contributed by atoms with Crippen molar-refractivity contribution < 1.29 is 24.2 Å². The Morgan fingerprint density at radius 3 is 2.48 bits per heavy atom. The van der Waals surface area contributed by atoms with Gasteiger partial charge in [-0.2, -0.15) is 0 Å². The van der Waals surface area contributed by atoms with E-state index >= 15 is 0 Å². The van der Waals surface area contributed by atoms with Crippen molar-refractivity contribution in [3.8, 4) is 0 Å². The number of amides is 2. The molecule has 1 aromatic rings. The maximum atomic E-state index is 12.8. The van der Waals surface area contributed by atoms with Crippen molar-refractivity contribution in [3.63, 3.8) is 0 Å². The van der Waals surface area contributed by atoms with Crippen LogP contribution in [0, 0.1) is 5.92 Å². The van der Waals surface area contributed by atoms with E-state index in [1.807, 2.05) is 0 Å². The van der Waals surface area contributed by atoms with E-state index in [2.05, 4.69) is 5.32 Å². The molecule has 0 spiro atoms. The molecular formula is C19H23ClN2O5. The van der Waals surface area contributed by atoms with Crippen molar-refractivity contribution in [3.05, 3.63) is 34.9 Å². The average molecular weight is 395 g/mol. The van der Waals surface area contributed by atoms with Crippen molar-refractivity contribution in [2.24, 2.45) is 5.92 Å². The Morgan fingerprint density at radius 2 is 1.85 bits per heavy atom. The predicted octanol–water partition coefficient (Wildman–Crippen LogP) is 1.94. The van der Waals surface area contributed by atoms with Crippen LogP contribution in [0.25, 0.3) is 0 Å². The highest BCUT2D eigenvalue weighted by Gasteiger charge is 2.43. The molecular weight excluding hydrogens is 372 g/mol. The minimum Gasteiger partial charge on any atom is -0.480 e. The summed E-state index contributed by atoms with van der Waals surface area (Å²) in [4.78, 5) is 38.8. The van der Waals surface area contributed by atoms with Crippen molar-refractivity contribution in [1.29, 1.82) is 0 Å². The zero-order chi connectivity index (χ0) is 19.4. The van der Waals surface area contributed by atoms with Gasteiger partial charge in [-0.3, -0.25) is 9.59 Å². The van der Waals surface area contributed by atoms with Gasteiger partial charge in [0.2, 0.25) is 5.91 Å². The van der Waals surface area contributed by atoms with Crippen molar-refractivity contribution in [2.75, 3.05) is 26.3 Å². The molecule has 0 saturated carbocycles. The molecule has 0 aromatic heterocycles. The van der Waals surface area contributed by atoms with Gasteiger partial charge in [-0.1, -0.05) is 11.6 Å². The van der Waals surface area contributed by atoms with Crippen LogP contribution in [0.3, 0.4) is 0 Å². The summed E-state index contributed by atoms with van der Waals surface area (Å²) in [5.74, 6) is -1.92. The van der Waals surface area contributed by atoms with Gasteiger partial charge in [0, 0.05) is 49.7 Å². The van der Waals surface area contributed by atoms with Crippen LogP contribution in [-0.4, -0.2) is 59.6 Å². The highest BCUT2D eigenvalue weighted by Crippen LogP contribution is 2.24. The molecule has 2 fully saturated rings. The van der Waals surface area contributed by atoms with Crippen LogP contribution in [0.4, 0.5) is 0 Å². The van der Waals surface area contributed by atoms with E-state index in [4.69, 9.17) is 16.3 Å². The van der Waals surface area contributed by atoms with Gasteiger partial charge in [0.1, 0.15) is 5.54 Å². The zero-order valence-electron chi connectivity index (χ0n) is 14.9. The number of carboxylic acid groups (broad SMARTS) is 1. The third kappa shape index (κ3) is 4.42. The van der Waals surface area contributed by atoms with E-state index in [1.54, 1.807) is 29.2 Å². The largest absolute Gasteiger partial charge is 0.480 e. The van der Waals surface area contributed by atoms with Gasteiger partial charge >= 0.3 is 5.97 Å². The number of ether oxygens (including phenoxy) is 1. The predicted molar refractivity (Wildman–Crippen MR) is 98.6 cm³/mol. The summed E-state index contributed by atoms with van der Waals surface area (Å²) in [6.07, 6.45) is 1.81. The third-order valence-electron chi connectivity index (χ3n) is 5.29. The monoisotopic (exact) mass is 394 g/mol. The lowest BCUT2D eigenvalue weighted by molar-refractivity contribution is -0.153. The Morgan fingerprint density at radius 1 is 1.19 bits per heavy atom. The Labute approximate surface area is 162 Å². The van der Waals surface area contributed by atoms with Crippen LogP contribution in [0.5, 0.6) is 0 Å². The number of benzene rings is 1. The summed E-state index contributed by atoms with van der Waals surface area (Å²) in [6, 6.07) is 6.64. The zero-order valence-corrected chi connectivity index (χ0v) is 15.7. The first-order chi connectivity index (χ1) is 12.9. The lowest BCUT2D eigenvalue weighted by atomic mass is 9.88. The highest BCUT2D eigenvalue weighted by molar-refractivity contribution is 6.30. The standard InChI is InChI=1S/C19H23ClN2O5/c20-15-5-3-13(4-6-15)17(24)22-9-1-2-14(12-22)16(23)21-19(18(25)26)7-10-27-11-8-19/h3-6,14H,1-2,7-12H2,(H,21,23)(H,25,26). The van der Waals surface area contributed by atoms with Gasteiger partial charge in [0.05, 0.1) is 5.92 Å². The Balaban J connectivity index is 1.66. The number of carbonyl (C=O) groups excluding carboxylic acids is 2.